The molecule has 190 valence electrons. The van der Waals surface area contributed by atoms with Gasteiger partial charge in [-0.1, -0.05) is 29.8 Å². The van der Waals surface area contributed by atoms with Crippen molar-refractivity contribution in [2.75, 3.05) is 39.4 Å². The number of amides is 1. The number of ether oxygens (including phenoxy) is 2. The number of hydrogen-bond donors (Lipinski definition) is 1. The van der Waals surface area contributed by atoms with Crippen LogP contribution in [0.2, 0.25) is 0 Å². The Morgan fingerprint density at radius 3 is 2.40 bits per heavy atom. The minimum atomic E-state index is -0.782. The second-order valence-electron chi connectivity index (χ2n) is 10.1. The molecule has 0 unspecified atom stereocenters. The molecule has 4 rings (SSSR count). The molecular weight excluding hydrogens is 440 g/mol. The van der Waals surface area contributed by atoms with Crippen LogP contribution in [0.3, 0.4) is 0 Å². The molecule has 0 spiro atoms. The van der Waals surface area contributed by atoms with Crippen LogP contribution in [-0.4, -0.2) is 65.8 Å². The van der Waals surface area contributed by atoms with Gasteiger partial charge in [0, 0.05) is 32.6 Å². The molecule has 2 aromatic rings. The molecule has 0 aromatic heterocycles. The molecule has 0 radical (unpaired) electrons. The lowest BCUT2D eigenvalue weighted by Crippen LogP contribution is -2.37. The molecule has 2 aliphatic rings. The van der Waals surface area contributed by atoms with Crippen LogP contribution in [0.1, 0.15) is 56.1 Å². The number of aliphatic hydroxyl groups is 1. The summed E-state index contributed by atoms with van der Waals surface area (Å²) in [5, 5.41) is 11.1. The van der Waals surface area contributed by atoms with Crippen molar-refractivity contribution in [2.45, 2.75) is 64.0 Å². The fourth-order valence-corrected chi connectivity index (χ4v) is 4.88. The van der Waals surface area contributed by atoms with Gasteiger partial charge in [0.2, 0.25) is 5.91 Å². The zero-order valence-electron chi connectivity index (χ0n) is 21.1. The zero-order valence-corrected chi connectivity index (χ0v) is 21.1. The molecule has 1 amide bonds. The van der Waals surface area contributed by atoms with Crippen molar-refractivity contribution in [1.82, 2.24) is 9.80 Å². The van der Waals surface area contributed by atoms with Gasteiger partial charge in [-0.15, -0.1) is 0 Å². The first kappa shape index (κ1) is 25.5. The SMILES string of the molecule is Cc1ccc(OC[C@]2(O)CCCN(Cc3ccc(OCCCN4CCCCC4=O)cc3)CC2)cc1. The summed E-state index contributed by atoms with van der Waals surface area (Å²) in [7, 11) is 0. The van der Waals surface area contributed by atoms with Crippen LogP contribution in [-0.2, 0) is 11.3 Å². The average Bonchev–Trinajstić information content (AvgIpc) is 3.05. The van der Waals surface area contributed by atoms with Gasteiger partial charge in [-0.05, 0) is 81.8 Å². The number of hydrogen-bond acceptors (Lipinski definition) is 5. The quantitative estimate of drug-likeness (QED) is 0.505. The summed E-state index contributed by atoms with van der Waals surface area (Å²) in [4.78, 5) is 16.3. The Bertz CT molecular complexity index is 931. The van der Waals surface area contributed by atoms with Gasteiger partial charge < -0.3 is 19.5 Å². The third-order valence-electron chi connectivity index (χ3n) is 7.13. The fourth-order valence-electron chi connectivity index (χ4n) is 4.88. The second kappa shape index (κ2) is 12.4. The molecule has 2 aliphatic heterocycles. The number of carbonyl (C=O) groups is 1. The van der Waals surface area contributed by atoms with E-state index in [1.807, 2.05) is 41.3 Å². The highest BCUT2D eigenvalue weighted by molar-refractivity contribution is 5.76. The highest BCUT2D eigenvalue weighted by atomic mass is 16.5. The largest absolute Gasteiger partial charge is 0.494 e. The van der Waals surface area contributed by atoms with E-state index in [4.69, 9.17) is 9.47 Å². The van der Waals surface area contributed by atoms with Crippen molar-refractivity contribution >= 4 is 5.91 Å². The van der Waals surface area contributed by atoms with E-state index in [9.17, 15) is 9.90 Å². The van der Waals surface area contributed by atoms with Gasteiger partial charge in [0.1, 0.15) is 18.1 Å². The number of rotatable bonds is 10. The molecule has 2 aromatic carbocycles. The van der Waals surface area contributed by atoms with Gasteiger partial charge in [-0.2, -0.15) is 0 Å². The van der Waals surface area contributed by atoms with Crippen molar-refractivity contribution in [3.63, 3.8) is 0 Å². The highest BCUT2D eigenvalue weighted by Crippen LogP contribution is 2.25. The van der Waals surface area contributed by atoms with Crippen LogP contribution in [0.5, 0.6) is 11.5 Å². The van der Waals surface area contributed by atoms with Crippen LogP contribution in [0.25, 0.3) is 0 Å². The van der Waals surface area contributed by atoms with E-state index in [1.165, 1.54) is 11.1 Å². The molecule has 1 N–H and O–H groups in total. The van der Waals surface area contributed by atoms with Crippen molar-refractivity contribution in [3.05, 3.63) is 59.7 Å². The van der Waals surface area contributed by atoms with E-state index < -0.39 is 5.60 Å². The predicted molar refractivity (Wildman–Crippen MR) is 138 cm³/mol. The molecule has 2 fully saturated rings. The minimum absolute atomic E-state index is 0.284. The molecule has 0 saturated carbocycles. The molecule has 2 heterocycles. The van der Waals surface area contributed by atoms with Crippen LogP contribution >= 0.6 is 0 Å². The Morgan fingerprint density at radius 1 is 0.886 bits per heavy atom. The summed E-state index contributed by atoms with van der Waals surface area (Å²) in [6.07, 6.45) is 6.11. The van der Waals surface area contributed by atoms with E-state index in [2.05, 4.69) is 24.0 Å². The number of nitrogens with zero attached hydrogens (tertiary/aromatic N) is 2. The topological polar surface area (TPSA) is 62.2 Å². The summed E-state index contributed by atoms with van der Waals surface area (Å²) < 4.78 is 11.8. The number of piperidine rings is 1. The smallest absolute Gasteiger partial charge is 0.222 e. The van der Waals surface area contributed by atoms with Crippen molar-refractivity contribution in [2.24, 2.45) is 0 Å². The van der Waals surface area contributed by atoms with Gasteiger partial charge >= 0.3 is 0 Å². The molecule has 35 heavy (non-hydrogen) atoms. The number of aryl methyl sites for hydroxylation is 1. The summed E-state index contributed by atoms with van der Waals surface area (Å²) in [6, 6.07) is 16.3. The predicted octanol–water partition coefficient (Wildman–Crippen LogP) is 4.57. The first-order valence-electron chi connectivity index (χ1n) is 13.1. The lowest BCUT2D eigenvalue weighted by Gasteiger charge is -2.27. The standard InChI is InChI=1S/C29H40N2O4/c1-24-7-11-27(12-8-24)35-23-29(33)15-4-17-30(20-16-29)22-25-9-13-26(14-10-25)34-21-5-19-31-18-3-2-6-28(31)32/h7-14,33H,2-6,15-23H2,1H3/t29-/m0/s1. The Hall–Kier alpha value is -2.57. The van der Waals surface area contributed by atoms with Crippen molar-refractivity contribution < 1.29 is 19.4 Å². The van der Waals surface area contributed by atoms with Gasteiger partial charge in [0.15, 0.2) is 0 Å². The van der Waals surface area contributed by atoms with Crippen LogP contribution in [0.15, 0.2) is 48.5 Å². The van der Waals surface area contributed by atoms with Gasteiger partial charge in [-0.3, -0.25) is 9.69 Å². The maximum absolute atomic E-state index is 11.9. The Morgan fingerprint density at radius 2 is 1.63 bits per heavy atom. The van der Waals surface area contributed by atoms with E-state index in [-0.39, 0.29) is 5.91 Å². The monoisotopic (exact) mass is 480 g/mol. The Kier molecular flexibility index (Phi) is 9.05. The minimum Gasteiger partial charge on any atom is -0.494 e. The molecule has 6 nitrogen and oxygen atoms in total. The van der Waals surface area contributed by atoms with E-state index in [0.717, 1.165) is 76.3 Å². The number of carbonyl (C=O) groups excluding carboxylic acids is 1. The van der Waals surface area contributed by atoms with Gasteiger partial charge in [0.05, 0.1) is 12.2 Å². The first-order chi connectivity index (χ1) is 17.0. The second-order valence-corrected chi connectivity index (χ2v) is 10.1. The Labute approximate surface area is 209 Å². The lowest BCUT2D eigenvalue weighted by molar-refractivity contribution is -0.133. The molecule has 1 atom stereocenters. The molecule has 0 bridgehead atoms. The Balaban J connectivity index is 1.17. The lowest BCUT2D eigenvalue weighted by atomic mass is 9.96. The first-order valence-corrected chi connectivity index (χ1v) is 13.1. The van der Waals surface area contributed by atoms with E-state index >= 15 is 0 Å². The van der Waals surface area contributed by atoms with E-state index in [1.54, 1.807) is 0 Å². The summed E-state index contributed by atoms with van der Waals surface area (Å²) in [5.41, 5.74) is 1.67. The van der Waals surface area contributed by atoms with Crippen molar-refractivity contribution in [1.29, 1.82) is 0 Å². The highest BCUT2D eigenvalue weighted by Gasteiger charge is 2.31. The summed E-state index contributed by atoms with van der Waals surface area (Å²) in [6.45, 7) is 7.38. The molecule has 2 saturated heterocycles. The van der Waals surface area contributed by atoms with Gasteiger partial charge in [0.25, 0.3) is 0 Å². The zero-order chi connectivity index (χ0) is 24.5. The third-order valence-corrected chi connectivity index (χ3v) is 7.13. The molecule has 0 aliphatic carbocycles. The van der Waals surface area contributed by atoms with Crippen LogP contribution < -0.4 is 9.47 Å². The normalized spacial score (nSPS) is 21.5. The fraction of sp³-hybridized carbons (Fsp3) is 0.552. The van der Waals surface area contributed by atoms with Crippen LogP contribution in [0.4, 0.5) is 0 Å². The maximum atomic E-state index is 11.9. The number of likely N-dealkylation sites (tertiary alicyclic amines) is 2. The third kappa shape index (κ3) is 7.97. The molecule has 6 heteroatoms. The van der Waals surface area contributed by atoms with Crippen molar-refractivity contribution in [3.8, 4) is 11.5 Å². The maximum Gasteiger partial charge on any atom is 0.222 e. The summed E-state index contributed by atoms with van der Waals surface area (Å²) in [5.74, 6) is 1.97. The van der Waals surface area contributed by atoms with E-state index in [0.29, 0.717) is 26.1 Å². The van der Waals surface area contributed by atoms with Gasteiger partial charge in [-0.25, -0.2) is 0 Å². The van der Waals surface area contributed by atoms with Crippen LogP contribution in [0, 0.1) is 6.92 Å². The average molecular weight is 481 g/mol. The molecular formula is C29H40N2O4. The number of benzene rings is 2. The summed E-state index contributed by atoms with van der Waals surface area (Å²) >= 11 is 0.